The molecule has 0 amide bonds. The molecule has 0 aliphatic heterocycles. The highest BCUT2D eigenvalue weighted by atomic mass is 35.5. The minimum absolute atomic E-state index is 0.0129. The van der Waals surface area contributed by atoms with Crippen molar-refractivity contribution in [2.24, 2.45) is 0 Å². The molecule has 0 spiro atoms. The number of fused-ring (bicyclic) bond motifs is 1. The van der Waals surface area contributed by atoms with Crippen LogP contribution < -0.4 is 4.80 Å². The molecule has 0 aliphatic rings. The number of unbranched alkanes of at least 4 members (excludes halogenated alkanes) is 1. The molecule has 1 N–H and O–H groups in total. The molecule has 142 valence electrons. The summed E-state index contributed by atoms with van der Waals surface area (Å²) in [7, 11) is 1.91. The van der Waals surface area contributed by atoms with Crippen molar-refractivity contribution in [3.05, 3.63) is 63.7 Å². The van der Waals surface area contributed by atoms with E-state index in [1.807, 2.05) is 34.7 Å². The summed E-state index contributed by atoms with van der Waals surface area (Å²) in [6, 6.07) is 11.4. The van der Waals surface area contributed by atoms with Crippen LogP contribution in [0.5, 0.6) is 0 Å². The van der Waals surface area contributed by atoms with Crippen LogP contribution in [0.1, 0.15) is 23.2 Å². The fourth-order valence-corrected chi connectivity index (χ4v) is 4.20. The third-order valence-electron chi connectivity index (χ3n) is 4.42. The van der Waals surface area contributed by atoms with E-state index in [2.05, 4.69) is 0 Å². The second-order valence-corrected chi connectivity index (χ2v) is 8.01. The maximum atomic E-state index is 12.9. The van der Waals surface area contributed by atoms with Crippen molar-refractivity contribution < 1.29 is 9.18 Å². The van der Waals surface area contributed by atoms with Crippen molar-refractivity contribution in [1.29, 1.82) is 5.41 Å². The molecule has 0 aliphatic carbocycles. The van der Waals surface area contributed by atoms with Crippen molar-refractivity contribution in [3.63, 3.8) is 0 Å². The van der Waals surface area contributed by atoms with E-state index in [-0.39, 0.29) is 11.6 Å². The molecule has 0 bridgehead atoms. The maximum absolute atomic E-state index is 12.9. The average molecular weight is 406 g/mol. The molecule has 0 unspecified atom stereocenters. The Morgan fingerprint density at radius 3 is 2.70 bits per heavy atom. The second kappa shape index (κ2) is 8.78. The van der Waals surface area contributed by atoms with Gasteiger partial charge in [-0.25, -0.2) is 4.39 Å². The van der Waals surface area contributed by atoms with Crippen LogP contribution >= 0.6 is 22.9 Å². The van der Waals surface area contributed by atoms with Crippen LogP contribution in [0.2, 0.25) is 5.02 Å². The van der Waals surface area contributed by atoms with Gasteiger partial charge in [0.2, 0.25) is 0 Å². The predicted molar refractivity (Wildman–Crippen MR) is 108 cm³/mol. The third kappa shape index (κ3) is 5.03. The van der Waals surface area contributed by atoms with Gasteiger partial charge in [0.15, 0.2) is 10.6 Å². The van der Waals surface area contributed by atoms with E-state index in [4.69, 9.17) is 17.0 Å². The summed E-state index contributed by atoms with van der Waals surface area (Å²) >= 11 is 7.45. The van der Waals surface area contributed by atoms with Gasteiger partial charge >= 0.3 is 0 Å². The van der Waals surface area contributed by atoms with Crippen molar-refractivity contribution >= 4 is 38.9 Å². The molecule has 7 heteroatoms. The Labute approximate surface area is 166 Å². The Balaban J connectivity index is 1.49. The summed E-state index contributed by atoms with van der Waals surface area (Å²) in [6.45, 7) is 1.86. The number of Topliss-reactive ketones (excluding diaryl/α,β-unsaturated/α-hetero) is 1. The number of likely N-dealkylation sites (N-methyl/N-ethyl adjacent to an activating group) is 1. The standard InChI is InChI=1S/C20H21ClFN3OS/c1-24(13-18(26)14-4-7-16(22)8-5-14)10-2-3-11-25-17-9-6-15(21)12-19(17)27-20(25)23/h4-9,12,23H,2-3,10-11,13H2,1H3. The van der Waals surface area contributed by atoms with E-state index < -0.39 is 0 Å². The number of nitrogens with zero attached hydrogens (tertiary/aromatic N) is 2. The number of hydrogen-bond acceptors (Lipinski definition) is 4. The zero-order valence-corrected chi connectivity index (χ0v) is 16.6. The van der Waals surface area contributed by atoms with Crippen LogP contribution in [0.3, 0.4) is 0 Å². The smallest absolute Gasteiger partial charge is 0.182 e. The molecular formula is C20H21ClFN3OS. The topological polar surface area (TPSA) is 49.1 Å². The average Bonchev–Trinajstić information content (AvgIpc) is 2.93. The number of benzene rings is 2. The van der Waals surface area contributed by atoms with Crippen LogP contribution in [0.4, 0.5) is 4.39 Å². The summed E-state index contributed by atoms with van der Waals surface area (Å²) in [5, 5.41) is 8.83. The molecule has 1 heterocycles. The number of hydrogen-bond donors (Lipinski definition) is 1. The van der Waals surface area contributed by atoms with Gasteiger partial charge in [-0.3, -0.25) is 15.1 Å². The van der Waals surface area contributed by atoms with Gasteiger partial charge < -0.3 is 4.57 Å². The number of carbonyl (C=O) groups is 1. The van der Waals surface area contributed by atoms with Crippen molar-refractivity contribution in [2.45, 2.75) is 19.4 Å². The van der Waals surface area contributed by atoms with Crippen molar-refractivity contribution in [2.75, 3.05) is 20.1 Å². The number of aryl methyl sites for hydroxylation is 1. The molecule has 4 nitrogen and oxygen atoms in total. The molecule has 0 saturated carbocycles. The lowest BCUT2D eigenvalue weighted by molar-refractivity contribution is 0.0945. The molecule has 3 rings (SSSR count). The normalized spacial score (nSPS) is 11.4. The van der Waals surface area contributed by atoms with E-state index in [1.165, 1.54) is 35.6 Å². The first-order valence-electron chi connectivity index (χ1n) is 8.75. The van der Waals surface area contributed by atoms with E-state index in [1.54, 1.807) is 0 Å². The largest absolute Gasteiger partial charge is 0.317 e. The summed E-state index contributed by atoms with van der Waals surface area (Å²) in [6.07, 6.45) is 1.84. The molecule has 2 aromatic carbocycles. The minimum atomic E-state index is -0.339. The summed E-state index contributed by atoms with van der Waals surface area (Å²) in [4.78, 5) is 14.7. The van der Waals surface area contributed by atoms with Gasteiger partial charge in [0.05, 0.1) is 16.8 Å². The van der Waals surface area contributed by atoms with E-state index >= 15 is 0 Å². The van der Waals surface area contributed by atoms with E-state index in [0.29, 0.717) is 21.9 Å². The second-order valence-electron chi connectivity index (χ2n) is 6.55. The molecular weight excluding hydrogens is 385 g/mol. The fraction of sp³-hybridized carbons (Fsp3) is 0.300. The van der Waals surface area contributed by atoms with Gasteiger partial charge in [-0.05, 0) is 68.9 Å². The predicted octanol–water partition coefficient (Wildman–Crippen LogP) is 4.57. The Bertz CT molecular complexity index is 997. The summed E-state index contributed by atoms with van der Waals surface area (Å²) < 4.78 is 16.0. The number of halogens is 2. The lowest BCUT2D eigenvalue weighted by Crippen LogP contribution is -2.27. The molecule has 0 atom stereocenters. The van der Waals surface area contributed by atoms with Crippen molar-refractivity contribution in [3.8, 4) is 0 Å². The number of thiazole rings is 1. The zero-order chi connectivity index (χ0) is 19.4. The highest BCUT2D eigenvalue weighted by Crippen LogP contribution is 2.22. The molecule has 0 radical (unpaired) electrons. The molecule has 0 saturated heterocycles. The molecule has 27 heavy (non-hydrogen) atoms. The van der Waals surface area contributed by atoms with E-state index in [0.717, 1.165) is 36.1 Å². The Morgan fingerprint density at radius 2 is 1.96 bits per heavy atom. The van der Waals surface area contributed by atoms with Crippen LogP contribution in [0.25, 0.3) is 10.2 Å². The van der Waals surface area contributed by atoms with Crippen LogP contribution in [-0.4, -0.2) is 35.4 Å². The van der Waals surface area contributed by atoms with Crippen LogP contribution in [0.15, 0.2) is 42.5 Å². The summed E-state index contributed by atoms with van der Waals surface area (Å²) in [5.74, 6) is -0.351. The maximum Gasteiger partial charge on any atom is 0.182 e. The van der Waals surface area contributed by atoms with E-state index in [9.17, 15) is 9.18 Å². The van der Waals surface area contributed by atoms with Crippen molar-refractivity contribution in [1.82, 2.24) is 9.47 Å². The first-order chi connectivity index (χ1) is 12.9. The fourth-order valence-electron chi connectivity index (χ4n) is 2.99. The summed E-state index contributed by atoms with van der Waals surface area (Å²) in [5.41, 5.74) is 1.57. The van der Waals surface area contributed by atoms with Gasteiger partial charge in [-0.15, -0.1) is 0 Å². The number of carbonyl (C=O) groups excluding carboxylic acids is 1. The van der Waals surface area contributed by atoms with Crippen LogP contribution in [0, 0.1) is 11.2 Å². The quantitative estimate of drug-likeness (QED) is 0.441. The zero-order valence-electron chi connectivity index (χ0n) is 15.0. The van der Waals surface area contributed by atoms with Gasteiger partial charge in [0.1, 0.15) is 5.82 Å². The number of aromatic nitrogens is 1. The molecule has 1 aromatic heterocycles. The Kier molecular flexibility index (Phi) is 6.42. The number of nitrogens with one attached hydrogen (secondary N) is 1. The Morgan fingerprint density at radius 1 is 1.22 bits per heavy atom. The van der Waals surface area contributed by atoms with Gasteiger partial charge in [0, 0.05) is 17.1 Å². The molecule has 0 fully saturated rings. The molecule has 3 aromatic rings. The minimum Gasteiger partial charge on any atom is -0.317 e. The van der Waals surface area contributed by atoms with Gasteiger partial charge in [-0.1, -0.05) is 22.9 Å². The van der Waals surface area contributed by atoms with Gasteiger partial charge in [-0.2, -0.15) is 0 Å². The lowest BCUT2D eigenvalue weighted by Gasteiger charge is -2.15. The van der Waals surface area contributed by atoms with Gasteiger partial charge in [0.25, 0.3) is 0 Å². The number of rotatable bonds is 8. The SMILES string of the molecule is CN(CCCCn1c(=N)sc2cc(Cl)ccc21)CC(=O)c1ccc(F)cc1. The third-order valence-corrected chi connectivity index (χ3v) is 5.61. The first-order valence-corrected chi connectivity index (χ1v) is 9.94. The lowest BCUT2D eigenvalue weighted by atomic mass is 10.1. The first kappa shape index (κ1) is 19.7. The highest BCUT2D eigenvalue weighted by molar-refractivity contribution is 7.16. The number of ketones is 1. The van der Waals surface area contributed by atoms with Crippen LogP contribution in [-0.2, 0) is 6.54 Å². The monoisotopic (exact) mass is 405 g/mol. The Hall–Kier alpha value is -2.02. The highest BCUT2D eigenvalue weighted by Gasteiger charge is 2.10.